The number of anilines is 2. The van der Waals surface area contributed by atoms with E-state index in [9.17, 15) is 0 Å². The highest BCUT2D eigenvalue weighted by atomic mass is 16.4. The molecular weight excluding hydrogens is 588 g/mol. The number of hydrogen-bond donors (Lipinski definition) is 1. The third-order valence-corrected chi connectivity index (χ3v) is 10.3. The van der Waals surface area contributed by atoms with Crippen molar-refractivity contribution in [2.45, 2.75) is 19.0 Å². The van der Waals surface area contributed by atoms with Crippen molar-refractivity contribution in [3.63, 3.8) is 0 Å². The molecule has 0 fully saturated rings. The van der Waals surface area contributed by atoms with E-state index in [1.165, 1.54) is 50.3 Å². The summed E-state index contributed by atoms with van der Waals surface area (Å²) in [6.07, 6.45) is 6.73. The van der Waals surface area contributed by atoms with Crippen LogP contribution in [0.4, 0.5) is 11.4 Å². The molecule has 4 heteroatoms. The van der Waals surface area contributed by atoms with Crippen LogP contribution in [0.1, 0.15) is 35.7 Å². The molecule has 48 heavy (non-hydrogen) atoms. The monoisotopic (exact) mass is 620 g/mol. The molecule has 3 heterocycles. The minimum Gasteiger partial charge on any atom is -0.452 e. The molecule has 1 unspecified atom stereocenters. The largest absolute Gasteiger partial charge is 0.452 e. The predicted molar refractivity (Wildman–Crippen MR) is 199 cm³/mol. The Kier molecular flexibility index (Phi) is 5.94. The highest BCUT2D eigenvalue weighted by molar-refractivity contribution is 6.19. The summed E-state index contributed by atoms with van der Waals surface area (Å²) in [5, 5.41) is 8.14. The quantitative estimate of drug-likeness (QED) is 0.213. The summed E-state index contributed by atoms with van der Waals surface area (Å²) in [5.41, 5.74) is 14.8. The lowest BCUT2D eigenvalue weighted by atomic mass is 9.89. The van der Waals surface area contributed by atoms with Crippen LogP contribution in [0.15, 0.2) is 148 Å². The number of nitrogens with zero attached hydrogens (tertiary/aromatic N) is 1. The van der Waals surface area contributed by atoms with Gasteiger partial charge in [-0.3, -0.25) is 0 Å². The van der Waals surface area contributed by atoms with Gasteiger partial charge in [-0.1, -0.05) is 97.1 Å². The summed E-state index contributed by atoms with van der Waals surface area (Å²) in [6.45, 7) is 0. The van der Waals surface area contributed by atoms with Gasteiger partial charge in [-0.15, -0.1) is 0 Å². The van der Waals surface area contributed by atoms with Crippen LogP contribution in [-0.4, -0.2) is 7.05 Å². The summed E-state index contributed by atoms with van der Waals surface area (Å²) in [4.78, 5) is 2.31. The van der Waals surface area contributed by atoms with Crippen LogP contribution in [0.3, 0.4) is 0 Å². The van der Waals surface area contributed by atoms with Crippen molar-refractivity contribution in [3.05, 3.63) is 156 Å². The molecule has 230 valence electrons. The molecule has 8 aromatic rings. The van der Waals surface area contributed by atoms with E-state index in [1.54, 1.807) is 0 Å². The maximum Gasteiger partial charge on any atom is 0.178 e. The Bertz CT molecular complexity index is 2600. The van der Waals surface area contributed by atoms with Gasteiger partial charge >= 0.3 is 0 Å². The molecule has 6 aromatic carbocycles. The lowest BCUT2D eigenvalue weighted by Gasteiger charge is -2.22. The van der Waals surface area contributed by atoms with E-state index >= 15 is 0 Å². The summed E-state index contributed by atoms with van der Waals surface area (Å²) in [6, 6.07) is 45.5. The molecule has 2 aliphatic rings. The number of hydrogen-bond acceptors (Lipinski definition) is 4. The second-order valence-corrected chi connectivity index (χ2v) is 13.0. The topological polar surface area (TPSA) is 41.6 Å². The van der Waals surface area contributed by atoms with Crippen LogP contribution in [0.5, 0.6) is 0 Å². The molecule has 2 aromatic heterocycles. The van der Waals surface area contributed by atoms with Crippen LogP contribution < -0.4 is 10.2 Å². The molecule has 4 nitrogen and oxygen atoms in total. The third-order valence-electron chi connectivity index (χ3n) is 10.3. The zero-order valence-electron chi connectivity index (χ0n) is 26.5. The first-order valence-electron chi connectivity index (χ1n) is 16.6. The molecule has 0 amide bonds. The van der Waals surface area contributed by atoms with E-state index in [1.807, 2.05) is 18.2 Å². The minimum absolute atomic E-state index is 0.143. The normalized spacial score (nSPS) is 16.0. The zero-order valence-corrected chi connectivity index (χ0v) is 26.5. The fraction of sp³-hybridized carbons (Fsp3) is 0.0909. The second kappa shape index (κ2) is 10.5. The molecule has 1 atom stereocenters. The highest BCUT2D eigenvalue weighted by Crippen LogP contribution is 2.43. The maximum absolute atomic E-state index is 6.37. The summed E-state index contributed by atoms with van der Waals surface area (Å²) < 4.78 is 12.6. The summed E-state index contributed by atoms with van der Waals surface area (Å²) >= 11 is 0. The molecular formula is C44H32N2O2. The molecule has 10 rings (SSSR count). The van der Waals surface area contributed by atoms with Gasteiger partial charge in [0.2, 0.25) is 0 Å². The van der Waals surface area contributed by atoms with Gasteiger partial charge in [0.1, 0.15) is 17.3 Å². The van der Waals surface area contributed by atoms with Crippen molar-refractivity contribution in [3.8, 4) is 11.1 Å². The number of benzene rings is 6. The van der Waals surface area contributed by atoms with E-state index in [4.69, 9.17) is 8.83 Å². The Balaban J connectivity index is 0.910. The van der Waals surface area contributed by atoms with Crippen LogP contribution in [-0.2, 0) is 0 Å². The van der Waals surface area contributed by atoms with E-state index in [-0.39, 0.29) is 6.17 Å². The number of fused-ring (bicyclic) bond motifs is 8. The van der Waals surface area contributed by atoms with Gasteiger partial charge in [-0.05, 0) is 94.3 Å². The molecule has 0 spiro atoms. The molecule has 1 aliphatic carbocycles. The number of rotatable bonds is 4. The Morgan fingerprint density at radius 1 is 0.542 bits per heavy atom. The summed E-state index contributed by atoms with van der Waals surface area (Å²) in [7, 11) is 2.15. The van der Waals surface area contributed by atoms with Crippen molar-refractivity contribution in [2.75, 3.05) is 17.3 Å². The van der Waals surface area contributed by atoms with Gasteiger partial charge in [0, 0.05) is 28.6 Å². The number of furan rings is 2. The smallest absolute Gasteiger partial charge is 0.178 e. The van der Waals surface area contributed by atoms with Crippen LogP contribution >= 0.6 is 0 Å². The lowest BCUT2D eigenvalue weighted by molar-refractivity contribution is 0.633. The standard InChI is InChI=1S/C44H32N2O2/c1-46-39-23-19-33(26-38(39)45-44(46)31-7-3-2-4-8-31)30-17-13-28(14-18-30)27-11-15-29(16-12-27)32-20-24-41-37(25-32)36-22-21-35-34-9-5-6-10-40(34)47-42(35)43(36)48-41/h2-11,13-15,17-26,44-45H,12,16H2,1H3. The summed E-state index contributed by atoms with van der Waals surface area (Å²) in [5.74, 6) is 0. The van der Waals surface area contributed by atoms with Crippen molar-refractivity contribution >= 4 is 66.4 Å². The fourth-order valence-electron chi connectivity index (χ4n) is 7.68. The Morgan fingerprint density at radius 2 is 1.17 bits per heavy atom. The first-order valence-corrected chi connectivity index (χ1v) is 16.6. The molecule has 1 aliphatic heterocycles. The van der Waals surface area contributed by atoms with Crippen molar-refractivity contribution in [1.29, 1.82) is 0 Å². The maximum atomic E-state index is 6.37. The van der Waals surface area contributed by atoms with Gasteiger partial charge in [0.05, 0.1) is 11.4 Å². The van der Waals surface area contributed by atoms with Crippen molar-refractivity contribution in [2.24, 2.45) is 0 Å². The SMILES string of the molecule is CN1c2ccc(-c3ccc(C4=CC=C(c5ccc6oc7c(ccc8c9ccccc9oc87)c6c5)CC4)cc3)cc2NC1c1ccccc1. The molecule has 0 saturated carbocycles. The molecule has 0 radical (unpaired) electrons. The Hall–Kier alpha value is -6.00. The van der Waals surface area contributed by atoms with Crippen molar-refractivity contribution in [1.82, 2.24) is 0 Å². The number of allylic oxidation sites excluding steroid dienone is 4. The second-order valence-electron chi connectivity index (χ2n) is 13.0. The first-order chi connectivity index (χ1) is 23.7. The number of para-hydroxylation sites is 1. The minimum atomic E-state index is 0.143. The highest BCUT2D eigenvalue weighted by Gasteiger charge is 2.27. The molecule has 0 bridgehead atoms. The Morgan fingerprint density at radius 3 is 1.94 bits per heavy atom. The van der Waals surface area contributed by atoms with Gasteiger partial charge in [0.25, 0.3) is 0 Å². The van der Waals surface area contributed by atoms with Gasteiger partial charge < -0.3 is 19.1 Å². The molecule has 1 N–H and O–H groups in total. The lowest BCUT2D eigenvalue weighted by Crippen LogP contribution is -2.23. The van der Waals surface area contributed by atoms with Crippen LogP contribution in [0.2, 0.25) is 0 Å². The Labute approximate surface area is 278 Å². The average Bonchev–Trinajstić information content (AvgIpc) is 3.82. The van der Waals surface area contributed by atoms with Crippen molar-refractivity contribution < 1.29 is 8.83 Å². The zero-order chi connectivity index (χ0) is 31.8. The first kappa shape index (κ1) is 27.1. The van der Waals surface area contributed by atoms with Gasteiger partial charge in [-0.25, -0.2) is 0 Å². The van der Waals surface area contributed by atoms with Crippen LogP contribution in [0, 0.1) is 0 Å². The average molecular weight is 621 g/mol. The van der Waals surface area contributed by atoms with E-state index in [0.717, 1.165) is 56.7 Å². The van der Waals surface area contributed by atoms with E-state index in [2.05, 4.69) is 139 Å². The van der Waals surface area contributed by atoms with Gasteiger partial charge in [-0.2, -0.15) is 0 Å². The molecule has 0 saturated heterocycles. The number of nitrogens with one attached hydrogen (secondary N) is 1. The van der Waals surface area contributed by atoms with E-state index < -0.39 is 0 Å². The van der Waals surface area contributed by atoms with E-state index in [0.29, 0.717) is 0 Å². The predicted octanol–water partition coefficient (Wildman–Crippen LogP) is 12.0. The van der Waals surface area contributed by atoms with Gasteiger partial charge in [0.15, 0.2) is 11.2 Å². The third kappa shape index (κ3) is 4.22. The van der Waals surface area contributed by atoms with Crippen LogP contribution in [0.25, 0.3) is 66.2 Å². The fourth-order valence-corrected chi connectivity index (χ4v) is 7.68.